The summed E-state index contributed by atoms with van der Waals surface area (Å²) < 4.78 is 99.1. The van der Waals surface area contributed by atoms with Crippen LogP contribution < -0.4 is 0 Å². The van der Waals surface area contributed by atoms with Crippen molar-refractivity contribution in [1.82, 2.24) is 0 Å². The molecule has 0 bridgehead atoms. The van der Waals surface area contributed by atoms with Gasteiger partial charge in [0.15, 0.2) is 40.4 Å². The van der Waals surface area contributed by atoms with E-state index in [1.54, 1.807) is 12.1 Å². The van der Waals surface area contributed by atoms with Crippen molar-refractivity contribution in [2.24, 2.45) is 5.41 Å². The largest absolute Gasteiger partial charge is 0.741 e. The second-order valence-electron chi connectivity index (χ2n) is 11.1. The molecule has 0 radical (unpaired) electrons. The Balaban J connectivity index is 0.000000467. The lowest BCUT2D eigenvalue weighted by atomic mass is 9.89. The third-order valence-electron chi connectivity index (χ3n) is 7.15. The first kappa shape index (κ1) is 33.5. The van der Waals surface area contributed by atoms with Crippen LogP contribution in [0.1, 0.15) is 39.5 Å². The third-order valence-corrected chi connectivity index (χ3v) is 12.2. The lowest BCUT2D eigenvalue weighted by molar-refractivity contribution is -0.307. The van der Waals surface area contributed by atoms with Crippen LogP contribution in [0, 0.1) is 5.41 Å². The first-order valence-corrected chi connectivity index (χ1v) is 17.7. The van der Waals surface area contributed by atoms with Gasteiger partial charge in [-0.1, -0.05) is 56.7 Å². The molecule has 1 aliphatic heterocycles. The molecule has 3 aromatic carbocycles. The molecule has 43 heavy (non-hydrogen) atoms. The van der Waals surface area contributed by atoms with Crippen molar-refractivity contribution in [2.45, 2.75) is 75.7 Å². The Morgan fingerprint density at radius 2 is 1.21 bits per heavy atom. The molecule has 1 unspecified atom stereocenters. The standard InChI is InChI=1S/C29H33O4S2.CHF3O3S/c1-28(2)21-32-29(33-22-28)20-10-9-15-27(29)35(30,31)26-18-16-25(17-19-26)34(23-11-5-3-6-12-23)24-13-7-4-8-14-24;2-1(3,4)8(5,6)7/h3-8,11-14,16-19,27H,9-10,15,20-22H2,1-2H3;(H,5,6,7)/q+1;/p-1. The molecule has 0 N–H and O–H groups in total. The molecule has 7 nitrogen and oxygen atoms in total. The molecule has 2 fully saturated rings. The summed E-state index contributed by atoms with van der Waals surface area (Å²) in [4.78, 5) is 3.83. The number of alkyl halides is 3. The molecule has 1 atom stereocenters. The molecule has 1 saturated heterocycles. The predicted molar refractivity (Wildman–Crippen MR) is 155 cm³/mol. The lowest BCUT2D eigenvalue weighted by Gasteiger charge is -2.49. The van der Waals surface area contributed by atoms with Crippen molar-refractivity contribution in [2.75, 3.05) is 13.2 Å². The summed E-state index contributed by atoms with van der Waals surface area (Å²) in [5.74, 6) is -1.04. The maximum Gasteiger partial charge on any atom is 0.485 e. The molecule has 1 heterocycles. The van der Waals surface area contributed by atoms with E-state index < -0.39 is 36.5 Å². The van der Waals surface area contributed by atoms with E-state index in [1.807, 2.05) is 48.5 Å². The number of halogens is 3. The van der Waals surface area contributed by atoms with Gasteiger partial charge in [-0.15, -0.1) is 0 Å². The number of hydrogen-bond donors (Lipinski definition) is 0. The highest BCUT2D eigenvalue weighted by atomic mass is 32.2. The molecule has 234 valence electrons. The fourth-order valence-corrected chi connectivity index (χ4v) is 9.10. The molecule has 0 aromatic heterocycles. The van der Waals surface area contributed by atoms with E-state index in [1.165, 1.54) is 9.79 Å². The van der Waals surface area contributed by atoms with Crippen molar-refractivity contribution >= 4 is 30.9 Å². The minimum absolute atomic E-state index is 0.108. The van der Waals surface area contributed by atoms with E-state index in [0.717, 1.165) is 17.7 Å². The van der Waals surface area contributed by atoms with Crippen LogP contribution >= 0.6 is 0 Å². The fourth-order valence-electron chi connectivity index (χ4n) is 4.97. The minimum atomic E-state index is -6.09. The Kier molecular flexibility index (Phi) is 10.0. The molecule has 1 aliphatic carbocycles. The number of rotatable bonds is 5. The molecule has 3 aromatic rings. The van der Waals surface area contributed by atoms with Gasteiger partial charge in [0, 0.05) is 11.8 Å². The van der Waals surface area contributed by atoms with Gasteiger partial charge in [0.2, 0.25) is 0 Å². The summed E-state index contributed by atoms with van der Waals surface area (Å²) >= 11 is 0. The maximum absolute atomic E-state index is 13.9. The van der Waals surface area contributed by atoms with Crippen LogP contribution in [0.4, 0.5) is 13.2 Å². The van der Waals surface area contributed by atoms with Gasteiger partial charge >= 0.3 is 5.51 Å². The average Bonchev–Trinajstić information content (AvgIpc) is 2.96. The summed E-state index contributed by atoms with van der Waals surface area (Å²) in [5, 5.41) is -0.688. The zero-order valence-corrected chi connectivity index (χ0v) is 26.1. The maximum atomic E-state index is 13.9. The van der Waals surface area contributed by atoms with E-state index in [0.29, 0.717) is 31.0 Å². The smallest absolute Gasteiger partial charge is 0.485 e. The first-order valence-electron chi connectivity index (χ1n) is 13.5. The molecule has 2 aliphatic rings. The van der Waals surface area contributed by atoms with E-state index in [-0.39, 0.29) is 16.3 Å². The van der Waals surface area contributed by atoms with Gasteiger partial charge in [-0.2, -0.15) is 13.2 Å². The minimum Gasteiger partial charge on any atom is -0.741 e. The highest BCUT2D eigenvalue weighted by Gasteiger charge is 2.53. The summed E-state index contributed by atoms with van der Waals surface area (Å²) in [6.07, 6.45) is 2.97. The van der Waals surface area contributed by atoms with Gasteiger partial charge in [-0.25, -0.2) is 16.8 Å². The summed E-state index contributed by atoms with van der Waals surface area (Å²) in [5.41, 5.74) is -5.75. The lowest BCUT2D eigenvalue weighted by Crippen LogP contribution is -2.58. The van der Waals surface area contributed by atoms with Gasteiger partial charge < -0.3 is 14.0 Å². The van der Waals surface area contributed by atoms with Crippen molar-refractivity contribution < 1.29 is 44.0 Å². The van der Waals surface area contributed by atoms with Gasteiger partial charge in [0.05, 0.1) is 29.0 Å². The van der Waals surface area contributed by atoms with E-state index in [4.69, 9.17) is 22.4 Å². The van der Waals surface area contributed by atoms with Crippen LogP contribution in [-0.2, 0) is 40.3 Å². The Hall–Kier alpha value is -2.42. The Morgan fingerprint density at radius 1 is 0.767 bits per heavy atom. The SMILES string of the molecule is CC1(C)COC2(CCCCC2S(=O)(=O)c2ccc([S+](c3ccccc3)c3ccccc3)cc2)OC1.O=S(=O)([O-])C(F)(F)F. The molecule has 0 amide bonds. The normalized spacial score (nSPS) is 20.3. The number of benzene rings is 3. The first-order chi connectivity index (χ1) is 20.1. The van der Waals surface area contributed by atoms with Crippen LogP contribution in [0.5, 0.6) is 0 Å². The molecule has 1 saturated carbocycles. The van der Waals surface area contributed by atoms with Gasteiger partial charge in [0.25, 0.3) is 0 Å². The Morgan fingerprint density at radius 3 is 1.65 bits per heavy atom. The Labute approximate surface area is 253 Å². The summed E-state index contributed by atoms with van der Waals surface area (Å²) in [6.45, 7) is 5.19. The highest BCUT2D eigenvalue weighted by Crippen LogP contribution is 2.44. The van der Waals surface area contributed by atoms with E-state index in [9.17, 15) is 21.6 Å². The molecule has 13 heteroatoms. The molecule has 5 rings (SSSR count). The van der Waals surface area contributed by atoms with Crippen molar-refractivity contribution in [3.63, 3.8) is 0 Å². The highest BCUT2D eigenvalue weighted by molar-refractivity contribution is 7.97. The fraction of sp³-hybridized carbons (Fsp3) is 0.400. The van der Waals surface area contributed by atoms with Crippen molar-refractivity contribution in [3.8, 4) is 0 Å². The Bertz CT molecular complexity index is 1530. The predicted octanol–water partition coefficient (Wildman–Crippen LogP) is 6.32. The van der Waals surface area contributed by atoms with Gasteiger partial charge in [-0.3, -0.25) is 0 Å². The van der Waals surface area contributed by atoms with Crippen LogP contribution in [-0.4, -0.2) is 51.1 Å². The topological polar surface area (TPSA) is 110 Å². The second-order valence-corrected chi connectivity index (χ2v) is 16.7. The van der Waals surface area contributed by atoms with Crippen molar-refractivity contribution in [1.29, 1.82) is 0 Å². The van der Waals surface area contributed by atoms with Crippen LogP contribution in [0.25, 0.3) is 0 Å². The molecule has 1 spiro atoms. The van der Waals surface area contributed by atoms with Gasteiger partial charge in [-0.05, 0) is 61.4 Å². The average molecular weight is 659 g/mol. The van der Waals surface area contributed by atoms with Crippen LogP contribution in [0.15, 0.2) is 105 Å². The van der Waals surface area contributed by atoms with E-state index in [2.05, 4.69) is 38.1 Å². The third kappa shape index (κ3) is 7.81. The zero-order chi connectivity index (χ0) is 31.5. The van der Waals surface area contributed by atoms with E-state index >= 15 is 0 Å². The second kappa shape index (κ2) is 12.9. The molecular formula is C30H33F3O7S3. The number of hydrogen-bond acceptors (Lipinski definition) is 7. The van der Waals surface area contributed by atoms with Crippen molar-refractivity contribution in [3.05, 3.63) is 84.9 Å². The number of sulfone groups is 1. The molecular weight excluding hydrogens is 626 g/mol. The van der Waals surface area contributed by atoms with Crippen LogP contribution in [0.3, 0.4) is 0 Å². The summed E-state index contributed by atoms with van der Waals surface area (Å²) in [7, 11) is -10.0. The summed E-state index contributed by atoms with van der Waals surface area (Å²) in [6, 6.07) is 28.2. The zero-order valence-electron chi connectivity index (χ0n) is 23.6. The monoisotopic (exact) mass is 658 g/mol. The number of ether oxygens (including phenoxy) is 2. The quantitative estimate of drug-likeness (QED) is 0.179. The van der Waals surface area contributed by atoms with Gasteiger partial charge in [0.1, 0.15) is 5.25 Å². The van der Waals surface area contributed by atoms with Crippen LogP contribution in [0.2, 0.25) is 0 Å².